The quantitative estimate of drug-likeness (QED) is 0.887. The van der Waals surface area contributed by atoms with Crippen molar-refractivity contribution in [3.8, 4) is 0 Å². The van der Waals surface area contributed by atoms with Crippen molar-refractivity contribution in [2.75, 3.05) is 18.4 Å². The van der Waals surface area contributed by atoms with Crippen LogP contribution in [0.25, 0.3) is 0 Å². The van der Waals surface area contributed by atoms with E-state index in [1.54, 1.807) is 19.4 Å². The third-order valence-corrected chi connectivity index (χ3v) is 5.74. The van der Waals surface area contributed by atoms with Crippen LogP contribution >= 0.6 is 0 Å². The van der Waals surface area contributed by atoms with Gasteiger partial charge >= 0.3 is 0 Å². The average Bonchev–Trinajstić information content (AvgIpc) is 2.98. The van der Waals surface area contributed by atoms with Crippen LogP contribution in [0.2, 0.25) is 0 Å². The van der Waals surface area contributed by atoms with Gasteiger partial charge in [0, 0.05) is 44.8 Å². The first-order chi connectivity index (χ1) is 10.9. The fourth-order valence-corrected chi connectivity index (χ4v) is 4.03. The Balaban J connectivity index is 1.61. The number of nitrogens with one attached hydrogen (secondary N) is 1. The molecule has 1 aliphatic heterocycles. The Morgan fingerprint density at radius 3 is 2.39 bits per heavy atom. The molecule has 0 spiro atoms. The number of aromatic nitrogens is 4. The second-order valence-electron chi connectivity index (χ2n) is 5.76. The van der Waals surface area contributed by atoms with Crippen molar-refractivity contribution in [2.45, 2.75) is 30.7 Å². The molecule has 0 aromatic carbocycles. The Kier molecular flexibility index (Phi) is 4.31. The number of nitrogens with zero attached hydrogens (tertiary/aromatic N) is 5. The summed E-state index contributed by atoms with van der Waals surface area (Å²) < 4.78 is 28.1. The number of hydrogen-bond donors (Lipinski definition) is 1. The van der Waals surface area contributed by atoms with Crippen molar-refractivity contribution in [3.05, 3.63) is 30.4 Å². The van der Waals surface area contributed by atoms with Crippen molar-refractivity contribution >= 4 is 16.0 Å². The SMILES string of the molecule is Cc1cnc(NC2CCN(S(=O)(=O)c3cnn(C)c3)CC2)nc1. The molecule has 8 nitrogen and oxygen atoms in total. The smallest absolute Gasteiger partial charge is 0.246 e. The molecule has 23 heavy (non-hydrogen) atoms. The van der Waals surface area contributed by atoms with Gasteiger partial charge in [0.05, 0.1) is 6.20 Å². The zero-order valence-electron chi connectivity index (χ0n) is 13.2. The Bertz CT molecular complexity index is 763. The van der Waals surface area contributed by atoms with Crippen molar-refractivity contribution in [1.29, 1.82) is 0 Å². The maximum atomic E-state index is 12.5. The topological polar surface area (TPSA) is 93.0 Å². The summed E-state index contributed by atoms with van der Waals surface area (Å²) in [5.41, 5.74) is 1.01. The fourth-order valence-electron chi connectivity index (χ4n) is 2.57. The van der Waals surface area contributed by atoms with Crippen molar-refractivity contribution in [2.24, 2.45) is 7.05 Å². The van der Waals surface area contributed by atoms with Gasteiger partial charge in [-0.1, -0.05) is 0 Å². The lowest BCUT2D eigenvalue weighted by molar-refractivity contribution is 0.329. The lowest BCUT2D eigenvalue weighted by Crippen LogP contribution is -2.42. The maximum Gasteiger partial charge on any atom is 0.246 e. The van der Waals surface area contributed by atoms with E-state index in [2.05, 4.69) is 20.4 Å². The summed E-state index contributed by atoms with van der Waals surface area (Å²) in [5.74, 6) is 0.587. The fraction of sp³-hybridized carbons (Fsp3) is 0.500. The van der Waals surface area contributed by atoms with Gasteiger partial charge in [-0.25, -0.2) is 18.4 Å². The first-order valence-corrected chi connectivity index (χ1v) is 8.93. The Labute approximate surface area is 135 Å². The Hall–Kier alpha value is -2.00. The number of rotatable bonds is 4. The minimum absolute atomic E-state index is 0.179. The maximum absolute atomic E-state index is 12.5. The third-order valence-electron chi connectivity index (χ3n) is 3.89. The lowest BCUT2D eigenvalue weighted by atomic mass is 10.1. The van der Waals surface area contributed by atoms with E-state index < -0.39 is 10.0 Å². The standard InChI is InChI=1S/C14H20N6O2S/c1-11-7-15-14(16-8-11)18-12-3-5-20(6-4-12)23(21,22)13-9-17-19(2)10-13/h7-10,12H,3-6H2,1-2H3,(H,15,16,18). The van der Waals surface area contributed by atoms with Gasteiger partial charge in [0.2, 0.25) is 16.0 Å². The number of sulfonamides is 1. The molecule has 1 aliphatic rings. The van der Waals surface area contributed by atoms with Gasteiger partial charge in [-0.2, -0.15) is 9.40 Å². The van der Waals surface area contributed by atoms with Crippen LogP contribution in [-0.4, -0.2) is 51.6 Å². The summed E-state index contributed by atoms with van der Waals surface area (Å²) in [6, 6.07) is 0.179. The second-order valence-corrected chi connectivity index (χ2v) is 7.69. The number of hydrogen-bond acceptors (Lipinski definition) is 6. The van der Waals surface area contributed by atoms with Crippen LogP contribution in [0.15, 0.2) is 29.7 Å². The molecule has 2 aromatic rings. The van der Waals surface area contributed by atoms with E-state index in [1.807, 2.05) is 6.92 Å². The zero-order chi connectivity index (χ0) is 16.4. The third kappa shape index (κ3) is 3.50. The van der Waals surface area contributed by atoms with Crippen LogP contribution in [0.5, 0.6) is 0 Å². The normalized spacial score (nSPS) is 17.3. The molecule has 2 aromatic heterocycles. The van der Waals surface area contributed by atoms with E-state index in [0.29, 0.717) is 19.0 Å². The van der Waals surface area contributed by atoms with Crippen LogP contribution in [0, 0.1) is 6.92 Å². The van der Waals surface area contributed by atoms with Crippen molar-refractivity contribution < 1.29 is 8.42 Å². The van der Waals surface area contributed by atoms with Gasteiger partial charge in [-0.05, 0) is 25.3 Å². The largest absolute Gasteiger partial charge is 0.351 e. The van der Waals surface area contributed by atoms with E-state index in [0.717, 1.165) is 18.4 Å². The molecule has 0 atom stereocenters. The van der Waals surface area contributed by atoms with E-state index >= 15 is 0 Å². The molecule has 124 valence electrons. The van der Waals surface area contributed by atoms with Gasteiger partial charge < -0.3 is 5.32 Å². The molecule has 0 radical (unpaired) electrons. The van der Waals surface area contributed by atoms with Crippen LogP contribution in [0.4, 0.5) is 5.95 Å². The van der Waals surface area contributed by atoms with E-state index in [-0.39, 0.29) is 10.9 Å². The molecular formula is C14H20N6O2S. The number of anilines is 1. The highest BCUT2D eigenvalue weighted by molar-refractivity contribution is 7.89. The zero-order valence-corrected chi connectivity index (χ0v) is 14.0. The van der Waals surface area contributed by atoms with Crippen LogP contribution in [0.1, 0.15) is 18.4 Å². The predicted octanol–water partition coefficient (Wildman–Crippen LogP) is 0.784. The highest BCUT2D eigenvalue weighted by Gasteiger charge is 2.30. The van der Waals surface area contributed by atoms with Gasteiger partial charge in [-0.15, -0.1) is 0 Å². The molecule has 0 unspecified atom stereocenters. The van der Waals surface area contributed by atoms with Gasteiger partial charge in [0.25, 0.3) is 0 Å². The molecule has 3 heterocycles. The summed E-state index contributed by atoms with van der Waals surface area (Å²) in [5, 5.41) is 7.20. The summed E-state index contributed by atoms with van der Waals surface area (Å²) in [6.07, 6.45) is 7.88. The van der Waals surface area contributed by atoms with Crippen molar-refractivity contribution in [3.63, 3.8) is 0 Å². The highest BCUT2D eigenvalue weighted by atomic mass is 32.2. The lowest BCUT2D eigenvalue weighted by Gasteiger charge is -2.31. The molecule has 1 fully saturated rings. The van der Waals surface area contributed by atoms with Gasteiger partial charge in [0.15, 0.2) is 0 Å². The second kappa shape index (κ2) is 6.25. The molecule has 0 saturated carbocycles. The molecule has 0 aliphatic carbocycles. The Morgan fingerprint density at radius 2 is 1.83 bits per heavy atom. The van der Waals surface area contributed by atoms with Crippen LogP contribution < -0.4 is 5.32 Å². The molecular weight excluding hydrogens is 316 g/mol. The molecule has 1 saturated heterocycles. The molecule has 0 bridgehead atoms. The summed E-state index contributed by atoms with van der Waals surface area (Å²) >= 11 is 0. The minimum atomic E-state index is -3.45. The van der Waals surface area contributed by atoms with E-state index in [9.17, 15) is 8.42 Å². The van der Waals surface area contributed by atoms with E-state index in [4.69, 9.17) is 0 Å². The predicted molar refractivity (Wildman–Crippen MR) is 85.4 cm³/mol. The minimum Gasteiger partial charge on any atom is -0.351 e. The monoisotopic (exact) mass is 336 g/mol. The molecule has 0 amide bonds. The molecule has 1 N–H and O–H groups in total. The van der Waals surface area contributed by atoms with Crippen LogP contribution in [0.3, 0.4) is 0 Å². The number of piperidine rings is 1. The highest BCUT2D eigenvalue weighted by Crippen LogP contribution is 2.21. The van der Waals surface area contributed by atoms with Crippen LogP contribution in [-0.2, 0) is 17.1 Å². The average molecular weight is 336 g/mol. The van der Waals surface area contributed by atoms with Gasteiger partial charge in [-0.3, -0.25) is 4.68 Å². The first kappa shape index (κ1) is 15.9. The summed E-state index contributed by atoms with van der Waals surface area (Å²) in [4.78, 5) is 8.69. The number of aryl methyl sites for hydroxylation is 2. The summed E-state index contributed by atoms with van der Waals surface area (Å²) in [7, 11) is -1.75. The van der Waals surface area contributed by atoms with Crippen molar-refractivity contribution in [1.82, 2.24) is 24.1 Å². The summed E-state index contributed by atoms with van der Waals surface area (Å²) in [6.45, 7) is 2.88. The van der Waals surface area contributed by atoms with E-state index in [1.165, 1.54) is 21.4 Å². The first-order valence-electron chi connectivity index (χ1n) is 7.49. The molecule has 3 rings (SSSR count). The Morgan fingerprint density at radius 1 is 1.17 bits per heavy atom. The molecule has 9 heteroatoms. The van der Waals surface area contributed by atoms with Gasteiger partial charge in [0.1, 0.15) is 4.90 Å².